The van der Waals surface area contributed by atoms with Crippen molar-refractivity contribution in [3.63, 3.8) is 0 Å². The Balaban J connectivity index is 2.74. The molecule has 1 aromatic rings. The van der Waals surface area contributed by atoms with Crippen LogP contribution in [0.3, 0.4) is 0 Å². The average Bonchev–Trinajstić information content (AvgIpc) is 1.99. The highest BCUT2D eigenvalue weighted by molar-refractivity contribution is 6.33. The van der Waals surface area contributed by atoms with Crippen molar-refractivity contribution in [2.24, 2.45) is 0 Å². The lowest BCUT2D eigenvalue weighted by Gasteiger charge is -2.21. The smallest absolute Gasteiger partial charge is 0.512 e. The minimum atomic E-state index is -1.81. The van der Waals surface area contributed by atoms with Crippen molar-refractivity contribution in [1.29, 1.82) is 0 Å². The Morgan fingerprint density at radius 3 is 2.27 bits per heavy atom. The molecule has 0 saturated heterocycles. The third kappa shape index (κ3) is 4.72. The summed E-state index contributed by atoms with van der Waals surface area (Å²) in [7, 11) is -1.81. The minimum Gasteiger partial charge on any atom is -0.512 e. The maximum absolute atomic E-state index is 8.62. The van der Waals surface area contributed by atoms with Crippen LogP contribution in [0.15, 0.2) is 24.3 Å². The summed E-state index contributed by atoms with van der Waals surface area (Å²) >= 11 is 0. The summed E-state index contributed by atoms with van der Waals surface area (Å²) in [6.07, 6.45) is 0. The van der Waals surface area contributed by atoms with E-state index in [2.05, 4.69) is 0 Å². The zero-order chi connectivity index (χ0) is 11.5. The quantitative estimate of drug-likeness (QED) is 0.736. The van der Waals surface area contributed by atoms with Gasteiger partial charge in [0.05, 0.1) is 0 Å². The SMILES string of the molecule is CC(C)(C)Oc1cccc(OB(O)O)c1. The molecule has 0 amide bonds. The molecule has 1 rings (SSSR count). The van der Waals surface area contributed by atoms with Crippen molar-refractivity contribution in [3.8, 4) is 11.5 Å². The predicted molar refractivity (Wildman–Crippen MR) is 57.6 cm³/mol. The monoisotopic (exact) mass is 210 g/mol. The largest absolute Gasteiger partial charge is 0.707 e. The van der Waals surface area contributed by atoms with Crippen LogP contribution < -0.4 is 9.39 Å². The molecule has 0 saturated carbocycles. The van der Waals surface area contributed by atoms with E-state index in [1.807, 2.05) is 20.8 Å². The van der Waals surface area contributed by atoms with Crippen LogP contribution in [0.1, 0.15) is 20.8 Å². The highest BCUT2D eigenvalue weighted by Gasteiger charge is 2.14. The zero-order valence-electron chi connectivity index (χ0n) is 9.10. The van der Waals surface area contributed by atoms with Gasteiger partial charge < -0.3 is 19.4 Å². The Bertz CT molecular complexity index is 319. The summed E-state index contributed by atoms with van der Waals surface area (Å²) < 4.78 is 10.3. The van der Waals surface area contributed by atoms with Crippen LogP contribution in [-0.4, -0.2) is 23.0 Å². The van der Waals surface area contributed by atoms with Crippen molar-refractivity contribution >= 4 is 7.32 Å². The van der Waals surface area contributed by atoms with Crippen LogP contribution >= 0.6 is 0 Å². The molecule has 2 N–H and O–H groups in total. The molecule has 15 heavy (non-hydrogen) atoms. The number of benzene rings is 1. The summed E-state index contributed by atoms with van der Waals surface area (Å²) in [5.41, 5.74) is -0.295. The molecule has 0 heterocycles. The molecule has 0 aromatic heterocycles. The molecule has 4 nitrogen and oxygen atoms in total. The fourth-order valence-electron chi connectivity index (χ4n) is 1.09. The molecule has 0 atom stereocenters. The van der Waals surface area contributed by atoms with E-state index >= 15 is 0 Å². The highest BCUT2D eigenvalue weighted by atomic mass is 16.6. The summed E-state index contributed by atoms with van der Waals surface area (Å²) in [6.45, 7) is 5.80. The van der Waals surface area contributed by atoms with E-state index in [1.54, 1.807) is 24.3 Å². The first-order chi connectivity index (χ1) is 6.87. The molecule has 0 aliphatic carbocycles. The Morgan fingerprint density at radius 1 is 1.13 bits per heavy atom. The van der Waals surface area contributed by atoms with Gasteiger partial charge in [-0.2, -0.15) is 0 Å². The standard InChI is InChI=1S/C10H15BO4/c1-10(2,3)14-8-5-4-6-9(7-8)15-11(12)13/h4-7,12-13H,1-3H3. The third-order valence-electron chi connectivity index (χ3n) is 1.47. The second-order valence-electron chi connectivity index (χ2n) is 4.13. The van der Waals surface area contributed by atoms with Gasteiger partial charge in [-0.3, -0.25) is 0 Å². The highest BCUT2D eigenvalue weighted by Crippen LogP contribution is 2.23. The second-order valence-corrected chi connectivity index (χ2v) is 4.13. The molecule has 1 aromatic carbocycles. The van der Waals surface area contributed by atoms with Gasteiger partial charge in [-0.1, -0.05) is 6.07 Å². The lowest BCUT2D eigenvalue weighted by molar-refractivity contribution is 0.130. The second kappa shape index (κ2) is 4.55. The van der Waals surface area contributed by atoms with Gasteiger partial charge >= 0.3 is 7.32 Å². The number of hydrogen-bond acceptors (Lipinski definition) is 4. The Morgan fingerprint density at radius 2 is 1.73 bits per heavy atom. The van der Waals surface area contributed by atoms with E-state index in [-0.39, 0.29) is 5.60 Å². The van der Waals surface area contributed by atoms with Crippen molar-refractivity contribution < 1.29 is 19.4 Å². The van der Waals surface area contributed by atoms with Gasteiger partial charge in [0.2, 0.25) is 0 Å². The van der Waals surface area contributed by atoms with Crippen LogP contribution in [0, 0.1) is 0 Å². The van der Waals surface area contributed by atoms with Crippen molar-refractivity contribution in [3.05, 3.63) is 24.3 Å². The van der Waals surface area contributed by atoms with Gasteiger partial charge in [-0.25, -0.2) is 0 Å². The summed E-state index contributed by atoms with van der Waals surface area (Å²) in [5.74, 6) is 0.979. The molecule has 0 radical (unpaired) electrons. The Labute approximate surface area is 89.6 Å². The topological polar surface area (TPSA) is 58.9 Å². The normalized spacial score (nSPS) is 11.0. The molecular weight excluding hydrogens is 195 g/mol. The van der Waals surface area contributed by atoms with Crippen LogP contribution in [0.2, 0.25) is 0 Å². The predicted octanol–water partition coefficient (Wildman–Crippen LogP) is 1.21. The van der Waals surface area contributed by atoms with Crippen molar-refractivity contribution in [2.45, 2.75) is 26.4 Å². The molecule has 0 aliphatic heterocycles. The van der Waals surface area contributed by atoms with Crippen LogP contribution in [-0.2, 0) is 0 Å². The average molecular weight is 210 g/mol. The fraction of sp³-hybridized carbons (Fsp3) is 0.400. The zero-order valence-corrected chi connectivity index (χ0v) is 9.10. The fourth-order valence-corrected chi connectivity index (χ4v) is 1.09. The van der Waals surface area contributed by atoms with Gasteiger partial charge in [0.15, 0.2) is 0 Å². The van der Waals surface area contributed by atoms with E-state index in [0.717, 1.165) is 0 Å². The Kier molecular flexibility index (Phi) is 3.60. The van der Waals surface area contributed by atoms with Gasteiger partial charge in [0.1, 0.15) is 17.1 Å². The van der Waals surface area contributed by atoms with Crippen LogP contribution in [0.25, 0.3) is 0 Å². The lowest BCUT2D eigenvalue weighted by atomic mass is 10.2. The first-order valence-corrected chi connectivity index (χ1v) is 4.69. The molecule has 82 valence electrons. The van der Waals surface area contributed by atoms with Crippen molar-refractivity contribution in [2.75, 3.05) is 0 Å². The molecule has 0 fully saturated rings. The Hall–Kier alpha value is -1.20. The van der Waals surface area contributed by atoms with E-state index in [9.17, 15) is 0 Å². The van der Waals surface area contributed by atoms with Gasteiger partial charge in [-0.05, 0) is 32.9 Å². The number of ether oxygens (including phenoxy) is 1. The van der Waals surface area contributed by atoms with Crippen LogP contribution in [0.5, 0.6) is 11.5 Å². The maximum atomic E-state index is 8.62. The summed E-state index contributed by atoms with van der Waals surface area (Å²) in [4.78, 5) is 0. The maximum Gasteiger partial charge on any atom is 0.707 e. The van der Waals surface area contributed by atoms with Gasteiger partial charge in [0, 0.05) is 6.07 Å². The summed E-state index contributed by atoms with van der Waals surface area (Å²) in [5, 5.41) is 17.2. The van der Waals surface area contributed by atoms with Crippen LogP contribution in [0.4, 0.5) is 0 Å². The first-order valence-electron chi connectivity index (χ1n) is 4.69. The molecular formula is C10H15BO4. The number of hydrogen-bond donors (Lipinski definition) is 2. The van der Waals surface area contributed by atoms with Gasteiger partial charge in [-0.15, -0.1) is 0 Å². The molecule has 5 heteroatoms. The lowest BCUT2D eigenvalue weighted by Crippen LogP contribution is -2.23. The van der Waals surface area contributed by atoms with E-state index in [4.69, 9.17) is 19.4 Å². The molecule has 0 aliphatic rings. The third-order valence-corrected chi connectivity index (χ3v) is 1.47. The van der Waals surface area contributed by atoms with E-state index in [0.29, 0.717) is 11.5 Å². The molecule has 0 unspecified atom stereocenters. The molecule has 0 bridgehead atoms. The minimum absolute atomic E-state index is 0.295. The van der Waals surface area contributed by atoms with E-state index < -0.39 is 7.32 Å². The number of rotatable bonds is 3. The molecule has 0 spiro atoms. The van der Waals surface area contributed by atoms with Gasteiger partial charge in [0.25, 0.3) is 0 Å². The van der Waals surface area contributed by atoms with Crippen molar-refractivity contribution in [1.82, 2.24) is 0 Å². The first kappa shape index (κ1) is 11.9. The summed E-state index contributed by atoms with van der Waals surface area (Å²) in [6, 6.07) is 6.72. The van der Waals surface area contributed by atoms with E-state index in [1.165, 1.54) is 0 Å².